The predicted octanol–water partition coefficient (Wildman–Crippen LogP) is 5.50. The van der Waals surface area contributed by atoms with Gasteiger partial charge in [-0.05, 0) is 55.6 Å². The molecule has 0 radical (unpaired) electrons. The Morgan fingerprint density at radius 2 is 2.00 bits per heavy atom. The summed E-state index contributed by atoms with van der Waals surface area (Å²) in [6, 6.07) is 10.0. The molecule has 0 bridgehead atoms. The molecule has 1 aromatic carbocycles. The molecule has 3 aliphatic carbocycles. The van der Waals surface area contributed by atoms with Gasteiger partial charge in [-0.3, -0.25) is 4.98 Å². The average Bonchev–Trinajstić information content (AvgIpc) is 2.85. The highest BCUT2D eigenvalue weighted by atomic mass is 16.5. The average molecular weight is 467 g/mol. The molecule has 1 unspecified atom stereocenters. The Morgan fingerprint density at radius 3 is 2.77 bits per heavy atom. The van der Waals surface area contributed by atoms with Crippen molar-refractivity contribution >= 4 is 10.9 Å². The van der Waals surface area contributed by atoms with Gasteiger partial charge in [-0.15, -0.1) is 0 Å². The minimum absolute atomic E-state index is 0.0261. The van der Waals surface area contributed by atoms with Crippen LogP contribution in [-0.2, 0) is 11.8 Å². The van der Waals surface area contributed by atoms with Crippen LogP contribution in [0.15, 0.2) is 48.3 Å². The van der Waals surface area contributed by atoms with E-state index in [2.05, 4.69) is 29.7 Å². The molecule has 0 saturated heterocycles. The molecule has 1 saturated carbocycles. The van der Waals surface area contributed by atoms with Crippen LogP contribution in [0.2, 0.25) is 0 Å². The molecule has 2 heterocycles. The van der Waals surface area contributed by atoms with E-state index in [1.807, 2.05) is 30.3 Å². The van der Waals surface area contributed by atoms with Gasteiger partial charge in [0.15, 0.2) is 11.5 Å². The third-order valence-electron chi connectivity index (χ3n) is 8.54. The van der Waals surface area contributed by atoms with Crippen molar-refractivity contribution in [3.8, 4) is 17.3 Å². The first-order valence-electron chi connectivity index (χ1n) is 12.7. The van der Waals surface area contributed by atoms with Gasteiger partial charge in [0.05, 0.1) is 30.5 Å². The third-order valence-corrected chi connectivity index (χ3v) is 8.54. The molecular weight excluding hydrogens is 436 g/mol. The summed E-state index contributed by atoms with van der Waals surface area (Å²) in [4.78, 5) is 18.4. The fourth-order valence-corrected chi connectivity index (χ4v) is 6.26. The molecule has 3 aliphatic rings. The topological polar surface area (TPSA) is 72.5 Å². The number of nitrogens with zero attached hydrogens (tertiary/aromatic N) is 4. The van der Waals surface area contributed by atoms with Crippen LogP contribution < -0.4 is 4.74 Å². The molecule has 6 heteroatoms. The zero-order valence-electron chi connectivity index (χ0n) is 20.2. The number of para-hydroxylation sites is 1. The minimum atomic E-state index is -0.730. The fraction of sp³-hybridized carbons (Fsp3) is 0.448. The lowest BCUT2D eigenvalue weighted by atomic mass is 9.58. The highest BCUT2D eigenvalue weighted by Gasteiger charge is 2.49. The second-order valence-corrected chi connectivity index (χ2v) is 10.6. The number of fused-ring (bicyclic) bond motifs is 4. The van der Waals surface area contributed by atoms with Crippen molar-refractivity contribution in [2.75, 3.05) is 6.61 Å². The maximum absolute atomic E-state index is 10.8. The number of aromatic nitrogens is 3. The third kappa shape index (κ3) is 3.52. The van der Waals surface area contributed by atoms with Gasteiger partial charge >= 0.3 is 0 Å². The lowest BCUT2D eigenvalue weighted by Gasteiger charge is -2.48. The van der Waals surface area contributed by atoms with Crippen LogP contribution in [-0.4, -0.2) is 32.8 Å². The number of aliphatic hydroxyl groups is 1. The van der Waals surface area contributed by atoms with Crippen LogP contribution in [0.1, 0.15) is 50.8 Å². The van der Waals surface area contributed by atoms with E-state index in [9.17, 15) is 5.11 Å². The van der Waals surface area contributed by atoms with Crippen LogP contribution >= 0.6 is 0 Å². The second kappa shape index (κ2) is 8.42. The lowest BCUT2D eigenvalue weighted by molar-refractivity contribution is 0.0651. The molecule has 3 aromatic rings. The molecular formula is C29H30N4O2. The maximum Gasteiger partial charge on any atom is 0.220 e. The Kier molecular flexibility index (Phi) is 5.34. The van der Waals surface area contributed by atoms with Crippen molar-refractivity contribution in [2.24, 2.45) is 17.8 Å². The minimum Gasteiger partial charge on any atom is -0.477 e. The molecule has 4 atom stereocenters. The number of benzene rings is 1. The summed E-state index contributed by atoms with van der Waals surface area (Å²) in [7, 11) is 0. The SMILES string of the molecule is [C-]#[N+]C1=C[C@@]2(C)c3nc(-c4ccnc5ccccc45)nc(OCC4CCC4)c3CC[C@@H]2[C@@H](C)C1O. The number of rotatable bonds is 4. The predicted molar refractivity (Wildman–Crippen MR) is 135 cm³/mol. The van der Waals surface area contributed by atoms with Crippen molar-refractivity contribution in [2.45, 2.75) is 57.5 Å². The smallest absolute Gasteiger partial charge is 0.220 e. The number of allylic oxidation sites excluding steroid dienone is 1. The highest BCUT2D eigenvalue weighted by molar-refractivity contribution is 5.92. The van der Waals surface area contributed by atoms with Crippen molar-refractivity contribution < 1.29 is 9.84 Å². The number of pyridine rings is 1. The van der Waals surface area contributed by atoms with Crippen LogP contribution in [0.5, 0.6) is 5.88 Å². The van der Waals surface area contributed by atoms with Gasteiger partial charge in [0.2, 0.25) is 5.88 Å². The number of ether oxygens (including phenoxy) is 1. The van der Waals surface area contributed by atoms with Gasteiger partial charge in [0.1, 0.15) is 0 Å². The van der Waals surface area contributed by atoms with E-state index in [1.165, 1.54) is 19.3 Å². The van der Waals surface area contributed by atoms with Gasteiger partial charge in [-0.25, -0.2) is 9.83 Å². The summed E-state index contributed by atoms with van der Waals surface area (Å²) < 4.78 is 6.41. The highest BCUT2D eigenvalue weighted by Crippen LogP contribution is 2.52. The van der Waals surface area contributed by atoms with Gasteiger partial charge in [-0.1, -0.05) is 44.5 Å². The normalized spacial score (nSPS) is 27.8. The lowest BCUT2D eigenvalue weighted by Crippen LogP contribution is -2.47. The van der Waals surface area contributed by atoms with Crippen LogP contribution in [0, 0.1) is 24.3 Å². The fourth-order valence-electron chi connectivity index (χ4n) is 6.26. The molecule has 0 spiro atoms. The second-order valence-electron chi connectivity index (χ2n) is 10.6. The molecule has 0 aliphatic heterocycles. The standard InChI is InChI=1S/C29H30N4O2/c1-17-22-12-11-21-26(29(22,2)15-24(30-3)25(17)34)32-27(33-28(21)35-16-18-7-6-8-18)20-13-14-31-23-10-5-4-9-19(20)23/h4-5,9-10,13-15,17-18,22,25,34H,6-8,11-12,16H2,1-2H3/t17-,22-,25?,29-/m1/s1. The summed E-state index contributed by atoms with van der Waals surface area (Å²) in [6.07, 6.45) is 8.44. The van der Waals surface area contributed by atoms with Gasteiger partial charge in [-0.2, -0.15) is 4.98 Å². The van der Waals surface area contributed by atoms with E-state index in [0.29, 0.717) is 29.9 Å². The summed E-state index contributed by atoms with van der Waals surface area (Å²) in [5, 5.41) is 11.8. The number of hydrogen-bond donors (Lipinski definition) is 1. The largest absolute Gasteiger partial charge is 0.477 e. The molecule has 1 N–H and O–H groups in total. The Balaban J connectivity index is 1.55. The first-order chi connectivity index (χ1) is 17.0. The Hall–Kier alpha value is -3.30. The van der Waals surface area contributed by atoms with Crippen molar-refractivity contribution in [1.29, 1.82) is 0 Å². The van der Waals surface area contributed by atoms with Crippen LogP contribution in [0.4, 0.5) is 0 Å². The molecule has 6 rings (SSSR count). The zero-order valence-corrected chi connectivity index (χ0v) is 20.2. The Bertz CT molecular complexity index is 1370. The van der Waals surface area contributed by atoms with Crippen molar-refractivity contribution in [1.82, 2.24) is 15.0 Å². The van der Waals surface area contributed by atoms with Gasteiger partial charge in [0.25, 0.3) is 0 Å². The summed E-state index contributed by atoms with van der Waals surface area (Å²) >= 11 is 0. The van der Waals surface area contributed by atoms with E-state index in [1.54, 1.807) is 6.20 Å². The van der Waals surface area contributed by atoms with E-state index >= 15 is 0 Å². The first kappa shape index (κ1) is 22.2. The molecule has 1 fully saturated rings. The van der Waals surface area contributed by atoms with Crippen LogP contribution in [0.25, 0.3) is 27.1 Å². The summed E-state index contributed by atoms with van der Waals surface area (Å²) in [6.45, 7) is 12.6. The van der Waals surface area contributed by atoms with E-state index in [4.69, 9.17) is 21.3 Å². The Labute approximate surface area is 205 Å². The molecule has 2 aromatic heterocycles. The monoisotopic (exact) mass is 466 g/mol. The Morgan fingerprint density at radius 1 is 1.17 bits per heavy atom. The maximum atomic E-state index is 10.8. The molecule has 0 amide bonds. The van der Waals surface area contributed by atoms with Gasteiger partial charge < -0.3 is 9.84 Å². The van der Waals surface area contributed by atoms with Crippen molar-refractivity contribution in [3.05, 3.63) is 71.0 Å². The first-order valence-corrected chi connectivity index (χ1v) is 12.7. The van der Waals surface area contributed by atoms with Gasteiger partial charge in [0, 0.05) is 28.1 Å². The van der Waals surface area contributed by atoms with Crippen LogP contribution in [0.3, 0.4) is 0 Å². The quantitative estimate of drug-likeness (QED) is 0.514. The molecule has 6 nitrogen and oxygen atoms in total. The number of hydrogen-bond acceptors (Lipinski definition) is 5. The van der Waals surface area contributed by atoms with E-state index in [-0.39, 0.29) is 11.8 Å². The van der Waals surface area contributed by atoms with E-state index < -0.39 is 11.5 Å². The van der Waals surface area contributed by atoms with Crippen molar-refractivity contribution in [3.63, 3.8) is 0 Å². The molecule has 35 heavy (non-hydrogen) atoms. The summed E-state index contributed by atoms with van der Waals surface area (Å²) in [5.74, 6) is 2.06. The zero-order chi connectivity index (χ0) is 24.2. The van der Waals surface area contributed by atoms with E-state index in [0.717, 1.165) is 40.6 Å². The summed E-state index contributed by atoms with van der Waals surface area (Å²) in [5.41, 5.74) is 3.75. The molecule has 178 valence electrons. The number of aliphatic hydroxyl groups excluding tert-OH is 1.